The normalized spacial score (nSPS) is 12.2. The zero-order valence-electron chi connectivity index (χ0n) is 13.6. The molecule has 24 heavy (non-hydrogen) atoms. The van der Waals surface area contributed by atoms with Crippen LogP contribution in [-0.2, 0) is 0 Å². The molecule has 3 rings (SSSR count). The van der Waals surface area contributed by atoms with E-state index in [0.29, 0.717) is 22.3 Å². The average Bonchev–Trinajstić information content (AvgIpc) is 3.23. The molecule has 0 fully saturated rings. The molecule has 0 bridgehead atoms. The van der Waals surface area contributed by atoms with Gasteiger partial charge in [-0.3, -0.25) is 4.79 Å². The van der Waals surface area contributed by atoms with Crippen LogP contribution in [0.1, 0.15) is 35.2 Å². The summed E-state index contributed by atoms with van der Waals surface area (Å²) in [5.41, 5.74) is 0.685. The Kier molecular flexibility index (Phi) is 4.40. The molecular weight excluding hydrogens is 328 g/mol. The number of amides is 1. The minimum Gasteiger partial charge on any atom is -0.467 e. The van der Waals surface area contributed by atoms with Gasteiger partial charge in [-0.1, -0.05) is 23.7 Å². The predicted molar refractivity (Wildman–Crippen MR) is 90.3 cm³/mol. The number of hydrogen-bond donors (Lipinski definition) is 0. The van der Waals surface area contributed by atoms with Crippen LogP contribution in [0.15, 0.2) is 47.1 Å². The number of furan rings is 1. The van der Waals surface area contributed by atoms with Crippen molar-refractivity contribution in [3.05, 3.63) is 65.1 Å². The van der Waals surface area contributed by atoms with Gasteiger partial charge in [-0.25, -0.2) is 9.67 Å². The smallest absolute Gasteiger partial charge is 0.293 e. The lowest BCUT2D eigenvalue weighted by molar-refractivity contribution is 0.0714. The maximum Gasteiger partial charge on any atom is 0.293 e. The Morgan fingerprint density at radius 2 is 2.04 bits per heavy atom. The number of aryl methyl sites for hydroxylation is 1. The quantitative estimate of drug-likeness (QED) is 0.724. The number of carbonyl (C=O) groups excluding carboxylic acids is 1. The van der Waals surface area contributed by atoms with E-state index in [2.05, 4.69) is 10.1 Å². The number of rotatable bonds is 4. The van der Waals surface area contributed by atoms with Gasteiger partial charge in [0.2, 0.25) is 5.82 Å². The minimum atomic E-state index is -0.284. The molecule has 0 aliphatic heterocycles. The number of para-hydroxylation sites is 1. The first-order valence-electron chi connectivity index (χ1n) is 7.48. The summed E-state index contributed by atoms with van der Waals surface area (Å²) in [5.74, 6) is 1.12. The van der Waals surface area contributed by atoms with Gasteiger partial charge in [-0.05, 0) is 38.1 Å². The number of halogens is 1. The van der Waals surface area contributed by atoms with Crippen molar-refractivity contribution < 1.29 is 9.21 Å². The van der Waals surface area contributed by atoms with Crippen molar-refractivity contribution in [1.82, 2.24) is 19.7 Å². The van der Waals surface area contributed by atoms with E-state index in [1.54, 1.807) is 41.9 Å². The first kappa shape index (κ1) is 16.3. The number of carbonyl (C=O) groups is 1. The van der Waals surface area contributed by atoms with Crippen molar-refractivity contribution in [2.24, 2.45) is 0 Å². The van der Waals surface area contributed by atoms with Crippen LogP contribution < -0.4 is 0 Å². The highest BCUT2D eigenvalue weighted by Gasteiger charge is 2.25. The Balaban J connectivity index is 1.89. The van der Waals surface area contributed by atoms with Crippen molar-refractivity contribution in [2.45, 2.75) is 19.9 Å². The monoisotopic (exact) mass is 344 g/mol. The second-order valence-electron chi connectivity index (χ2n) is 5.45. The van der Waals surface area contributed by atoms with E-state index in [4.69, 9.17) is 16.0 Å². The fraction of sp³-hybridized carbons (Fsp3) is 0.235. The van der Waals surface area contributed by atoms with E-state index in [0.717, 1.165) is 0 Å². The molecule has 1 aromatic carbocycles. The standard InChI is InChI=1S/C17H17ClN4O2/c1-11(15-9-6-10-24-15)21(3)17(23)16-19-12(2)22(20-16)14-8-5-4-7-13(14)18/h4-11H,1-3H3/t11-/m1/s1. The van der Waals surface area contributed by atoms with Gasteiger partial charge >= 0.3 is 0 Å². The lowest BCUT2D eigenvalue weighted by atomic mass is 10.2. The maximum absolute atomic E-state index is 12.7. The summed E-state index contributed by atoms with van der Waals surface area (Å²) < 4.78 is 6.93. The van der Waals surface area contributed by atoms with E-state index in [1.165, 1.54) is 0 Å². The van der Waals surface area contributed by atoms with Crippen LogP contribution in [0.25, 0.3) is 5.69 Å². The van der Waals surface area contributed by atoms with Crippen LogP contribution >= 0.6 is 11.6 Å². The highest BCUT2D eigenvalue weighted by atomic mass is 35.5. The molecule has 0 N–H and O–H groups in total. The van der Waals surface area contributed by atoms with E-state index in [1.807, 2.05) is 31.2 Å². The van der Waals surface area contributed by atoms with E-state index >= 15 is 0 Å². The third-order valence-corrected chi connectivity index (χ3v) is 4.22. The fourth-order valence-corrected chi connectivity index (χ4v) is 2.60. The molecule has 3 aromatic rings. The average molecular weight is 345 g/mol. The van der Waals surface area contributed by atoms with Gasteiger partial charge in [0.05, 0.1) is 23.0 Å². The van der Waals surface area contributed by atoms with Crippen LogP contribution in [0.2, 0.25) is 5.02 Å². The second kappa shape index (κ2) is 6.49. The van der Waals surface area contributed by atoms with Crippen molar-refractivity contribution in [3.63, 3.8) is 0 Å². The summed E-state index contributed by atoms with van der Waals surface area (Å²) in [7, 11) is 1.70. The highest BCUT2D eigenvalue weighted by molar-refractivity contribution is 6.32. The molecule has 1 amide bonds. The number of benzene rings is 1. The zero-order valence-corrected chi connectivity index (χ0v) is 14.4. The van der Waals surface area contributed by atoms with Crippen molar-refractivity contribution >= 4 is 17.5 Å². The molecule has 0 radical (unpaired) electrons. The molecule has 1 atom stereocenters. The van der Waals surface area contributed by atoms with Crippen LogP contribution in [-0.4, -0.2) is 32.6 Å². The summed E-state index contributed by atoms with van der Waals surface area (Å²) in [6, 6.07) is 10.7. The molecule has 2 aromatic heterocycles. The second-order valence-corrected chi connectivity index (χ2v) is 5.86. The van der Waals surface area contributed by atoms with E-state index < -0.39 is 0 Å². The number of hydrogen-bond acceptors (Lipinski definition) is 4. The largest absolute Gasteiger partial charge is 0.467 e. The molecule has 0 aliphatic rings. The lowest BCUT2D eigenvalue weighted by Gasteiger charge is -2.21. The molecule has 0 saturated carbocycles. The Morgan fingerprint density at radius 3 is 2.71 bits per heavy atom. The number of aromatic nitrogens is 3. The molecule has 0 aliphatic carbocycles. The van der Waals surface area contributed by atoms with Gasteiger partial charge in [0.25, 0.3) is 5.91 Å². The Bertz CT molecular complexity index is 857. The highest BCUT2D eigenvalue weighted by Crippen LogP contribution is 2.22. The molecule has 6 nitrogen and oxygen atoms in total. The van der Waals surface area contributed by atoms with Gasteiger partial charge in [0, 0.05) is 7.05 Å². The molecule has 2 heterocycles. The van der Waals surface area contributed by atoms with Gasteiger partial charge in [0.15, 0.2) is 0 Å². The van der Waals surface area contributed by atoms with Crippen LogP contribution in [0.5, 0.6) is 0 Å². The summed E-state index contributed by atoms with van der Waals surface area (Å²) in [4.78, 5) is 18.5. The van der Waals surface area contributed by atoms with Crippen LogP contribution in [0, 0.1) is 6.92 Å². The molecule has 124 valence electrons. The summed E-state index contributed by atoms with van der Waals surface area (Å²) >= 11 is 6.20. The molecule has 0 spiro atoms. The zero-order chi connectivity index (χ0) is 17.3. The topological polar surface area (TPSA) is 64.2 Å². The van der Waals surface area contributed by atoms with Crippen molar-refractivity contribution in [1.29, 1.82) is 0 Å². The summed E-state index contributed by atoms with van der Waals surface area (Å²) in [6.45, 7) is 3.66. The van der Waals surface area contributed by atoms with Gasteiger partial charge in [-0.15, -0.1) is 5.10 Å². The fourth-order valence-electron chi connectivity index (χ4n) is 2.39. The van der Waals surface area contributed by atoms with E-state index in [9.17, 15) is 4.79 Å². The van der Waals surface area contributed by atoms with Crippen molar-refractivity contribution in [2.75, 3.05) is 7.05 Å². The number of nitrogens with zero attached hydrogens (tertiary/aromatic N) is 4. The Morgan fingerprint density at radius 1 is 1.29 bits per heavy atom. The lowest BCUT2D eigenvalue weighted by Crippen LogP contribution is -2.30. The predicted octanol–water partition coefficient (Wildman–Crippen LogP) is 3.66. The summed E-state index contributed by atoms with van der Waals surface area (Å²) in [5, 5.41) is 4.87. The van der Waals surface area contributed by atoms with Crippen LogP contribution in [0.4, 0.5) is 0 Å². The molecule has 7 heteroatoms. The first-order chi connectivity index (χ1) is 11.5. The van der Waals surface area contributed by atoms with Crippen molar-refractivity contribution in [3.8, 4) is 5.69 Å². The van der Waals surface area contributed by atoms with E-state index in [-0.39, 0.29) is 17.8 Å². The Labute approximate surface area is 144 Å². The first-order valence-corrected chi connectivity index (χ1v) is 7.86. The third-order valence-electron chi connectivity index (χ3n) is 3.90. The van der Waals surface area contributed by atoms with Gasteiger partial charge in [-0.2, -0.15) is 0 Å². The molecule has 0 unspecified atom stereocenters. The maximum atomic E-state index is 12.7. The molecule has 0 saturated heterocycles. The third kappa shape index (κ3) is 2.92. The van der Waals surface area contributed by atoms with Gasteiger partial charge in [0.1, 0.15) is 11.6 Å². The Hall–Kier alpha value is -2.60. The van der Waals surface area contributed by atoms with Crippen LogP contribution in [0.3, 0.4) is 0 Å². The van der Waals surface area contributed by atoms with Gasteiger partial charge < -0.3 is 9.32 Å². The minimum absolute atomic E-state index is 0.119. The molecular formula is C17H17ClN4O2. The summed E-state index contributed by atoms with van der Waals surface area (Å²) in [6.07, 6.45) is 1.58. The SMILES string of the molecule is Cc1nc(C(=O)N(C)[C@H](C)c2ccco2)nn1-c1ccccc1Cl.